The molecule has 2 aromatic rings. The second-order valence-corrected chi connectivity index (χ2v) is 3.75. The van der Waals surface area contributed by atoms with E-state index in [1.807, 2.05) is 25.4 Å². The van der Waals surface area contributed by atoms with Crippen LogP contribution in [0.2, 0.25) is 5.02 Å². The molecule has 0 bridgehead atoms. The molecule has 2 N–H and O–H groups in total. The Bertz CT molecular complexity index is 496. The quantitative estimate of drug-likeness (QED) is 0.892. The summed E-state index contributed by atoms with van der Waals surface area (Å²) in [5, 5.41) is 0.606. The van der Waals surface area contributed by atoms with E-state index in [1.54, 1.807) is 16.8 Å². The Morgan fingerprint density at radius 1 is 1.50 bits per heavy atom. The van der Waals surface area contributed by atoms with Gasteiger partial charge in [0.15, 0.2) is 0 Å². The highest BCUT2D eigenvalue weighted by molar-refractivity contribution is 6.31. The molecule has 16 heavy (non-hydrogen) atoms. The first kappa shape index (κ1) is 11.0. The Hall–Kier alpha value is -1.52. The minimum Gasteiger partial charge on any atom is -0.425 e. The minimum absolute atomic E-state index is 0.333. The van der Waals surface area contributed by atoms with E-state index in [2.05, 4.69) is 4.98 Å². The molecule has 1 heterocycles. The van der Waals surface area contributed by atoms with Gasteiger partial charge in [-0.3, -0.25) is 0 Å². The van der Waals surface area contributed by atoms with Gasteiger partial charge in [0.05, 0.1) is 0 Å². The summed E-state index contributed by atoms with van der Waals surface area (Å²) in [7, 11) is 1.86. The van der Waals surface area contributed by atoms with Gasteiger partial charge in [0, 0.05) is 36.6 Å². The summed E-state index contributed by atoms with van der Waals surface area (Å²) in [6, 6.07) is 5.94. The van der Waals surface area contributed by atoms with E-state index in [1.165, 1.54) is 0 Å². The van der Waals surface area contributed by atoms with Crippen LogP contribution in [-0.4, -0.2) is 9.55 Å². The summed E-state index contributed by atoms with van der Waals surface area (Å²) in [5.41, 5.74) is 6.41. The number of ether oxygens (including phenoxy) is 1. The Labute approximate surface area is 98.6 Å². The molecule has 5 heteroatoms. The first-order valence-corrected chi connectivity index (χ1v) is 5.23. The lowest BCUT2D eigenvalue weighted by Crippen LogP contribution is -2.02. The molecule has 0 aliphatic carbocycles. The van der Waals surface area contributed by atoms with Gasteiger partial charge in [0.2, 0.25) is 0 Å². The molecule has 1 aromatic heterocycles. The number of benzene rings is 1. The van der Waals surface area contributed by atoms with Crippen molar-refractivity contribution in [3.63, 3.8) is 0 Å². The van der Waals surface area contributed by atoms with E-state index in [4.69, 9.17) is 22.1 Å². The molecule has 2 rings (SSSR count). The van der Waals surface area contributed by atoms with Gasteiger partial charge in [-0.2, -0.15) is 0 Å². The van der Waals surface area contributed by atoms with E-state index >= 15 is 0 Å². The van der Waals surface area contributed by atoms with Crippen molar-refractivity contribution in [2.75, 3.05) is 0 Å². The average Bonchev–Trinajstić information content (AvgIpc) is 2.65. The highest BCUT2D eigenvalue weighted by Crippen LogP contribution is 2.28. The van der Waals surface area contributed by atoms with Crippen molar-refractivity contribution in [2.24, 2.45) is 12.8 Å². The minimum atomic E-state index is 0.333. The van der Waals surface area contributed by atoms with Crippen molar-refractivity contribution in [2.45, 2.75) is 6.54 Å². The molecular weight excluding hydrogens is 226 g/mol. The van der Waals surface area contributed by atoms with Crippen molar-refractivity contribution in [3.8, 4) is 11.8 Å². The molecule has 0 spiro atoms. The van der Waals surface area contributed by atoms with E-state index in [0.717, 1.165) is 5.56 Å². The number of hydrogen-bond donors (Lipinski definition) is 1. The molecule has 0 saturated heterocycles. The van der Waals surface area contributed by atoms with Crippen LogP contribution in [-0.2, 0) is 13.6 Å². The van der Waals surface area contributed by atoms with Crippen LogP contribution in [0.25, 0.3) is 0 Å². The van der Waals surface area contributed by atoms with Gasteiger partial charge >= 0.3 is 6.01 Å². The molecule has 0 saturated carbocycles. The van der Waals surface area contributed by atoms with Gasteiger partial charge in [-0.1, -0.05) is 17.7 Å². The van der Waals surface area contributed by atoms with Gasteiger partial charge in [-0.25, -0.2) is 4.98 Å². The second-order valence-electron chi connectivity index (χ2n) is 3.34. The van der Waals surface area contributed by atoms with Crippen LogP contribution in [0.3, 0.4) is 0 Å². The fourth-order valence-corrected chi connectivity index (χ4v) is 1.62. The van der Waals surface area contributed by atoms with Gasteiger partial charge < -0.3 is 15.0 Å². The number of nitrogens with two attached hydrogens (primary N) is 1. The lowest BCUT2D eigenvalue weighted by atomic mass is 10.2. The summed E-state index contributed by atoms with van der Waals surface area (Å²) in [4.78, 5) is 4.07. The van der Waals surface area contributed by atoms with Crippen LogP contribution in [0.5, 0.6) is 11.8 Å². The molecule has 0 aliphatic rings. The Morgan fingerprint density at radius 2 is 2.31 bits per heavy atom. The summed E-state index contributed by atoms with van der Waals surface area (Å²) < 4.78 is 7.42. The fraction of sp³-hybridized carbons (Fsp3) is 0.182. The third kappa shape index (κ3) is 2.03. The predicted octanol–water partition coefficient (Wildman–Crippen LogP) is 2.32. The topological polar surface area (TPSA) is 53.1 Å². The summed E-state index contributed by atoms with van der Waals surface area (Å²) in [5.74, 6) is 0.643. The van der Waals surface area contributed by atoms with Crippen LogP contribution < -0.4 is 10.5 Å². The number of aromatic nitrogens is 2. The zero-order valence-electron chi connectivity index (χ0n) is 8.85. The Balaban J connectivity index is 2.35. The van der Waals surface area contributed by atoms with E-state index in [0.29, 0.717) is 23.3 Å². The van der Waals surface area contributed by atoms with Crippen molar-refractivity contribution >= 4 is 11.6 Å². The van der Waals surface area contributed by atoms with Crippen molar-refractivity contribution < 1.29 is 4.74 Å². The summed E-state index contributed by atoms with van der Waals surface area (Å²) in [6.45, 7) is 0.333. The molecule has 0 aliphatic heterocycles. The first-order valence-electron chi connectivity index (χ1n) is 4.85. The Morgan fingerprint density at radius 3 is 2.94 bits per heavy atom. The number of halogens is 1. The Kier molecular flexibility index (Phi) is 3.12. The number of nitrogens with zero attached hydrogens (tertiary/aromatic N) is 2. The highest BCUT2D eigenvalue weighted by Gasteiger charge is 2.09. The maximum atomic E-state index is 6.02. The lowest BCUT2D eigenvalue weighted by Gasteiger charge is -2.10. The van der Waals surface area contributed by atoms with E-state index in [-0.39, 0.29) is 0 Å². The number of imidazole rings is 1. The van der Waals surface area contributed by atoms with Crippen LogP contribution >= 0.6 is 11.6 Å². The zero-order valence-corrected chi connectivity index (χ0v) is 9.61. The van der Waals surface area contributed by atoms with Gasteiger partial charge in [0.25, 0.3) is 0 Å². The third-order valence-corrected chi connectivity index (χ3v) is 2.61. The maximum Gasteiger partial charge on any atom is 0.301 e. The molecule has 0 fully saturated rings. The summed E-state index contributed by atoms with van der Waals surface area (Å²) >= 11 is 6.02. The van der Waals surface area contributed by atoms with E-state index in [9.17, 15) is 0 Å². The number of rotatable bonds is 3. The third-order valence-electron chi connectivity index (χ3n) is 2.26. The normalized spacial score (nSPS) is 10.4. The largest absolute Gasteiger partial charge is 0.425 e. The van der Waals surface area contributed by atoms with Gasteiger partial charge in [-0.05, 0) is 12.1 Å². The molecule has 84 valence electrons. The van der Waals surface area contributed by atoms with Crippen LogP contribution in [0.15, 0.2) is 30.6 Å². The fourth-order valence-electron chi connectivity index (χ4n) is 1.38. The second kappa shape index (κ2) is 4.55. The molecular formula is C11H12ClN3O. The van der Waals surface area contributed by atoms with Crippen LogP contribution in [0, 0.1) is 0 Å². The van der Waals surface area contributed by atoms with Crippen LogP contribution in [0.1, 0.15) is 5.56 Å². The zero-order chi connectivity index (χ0) is 11.5. The van der Waals surface area contributed by atoms with Crippen LogP contribution in [0.4, 0.5) is 0 Å². The SMILES string of the molecule is Cn1ccnc1Oc1cccc(Cl)c1CN. The van der Waals surface area contributed by atoms with E-state index < -0.39 is 0 Å². The predicted molar refractivity (Wildman–Crippen MR) is 62.6 cm³/mol. The van der Waals surface area contributed by atoms with Crippen molar-refractivity contribution in [1.82, 2.24) is 9.55 Å². The van der Waals surface area contributed by atoms with Gasteiger partial charge in [-0.15, -0.1) is 0 Å². The molecule has 0 unspecified atom stereocenters. The van der Waals surface area contributed by atoms with Crippen molar-refractivity contribution in [3.05, 3.63) is 41.2 Å². The van der Waals surface area contributed by atoms with Gasteiger partial charge in [0.1, 0.15) is 5.75 Å². The monoisotopic (exact) mass is 237 g/mol. The molecule has 4 nitrogen and oxygen atoms in total. The number of hydrogen-bond acceptors (Lipinski definition) is 3. The molecule has 0 amide bonds. The molecule has 0 atom stereocenters. The first-order chi connectivity index (χ1) is 7.72. The highest BCUT2D eigenvalue weighted by atomic mass is 35.5. The maximum absolute atomic E-state index is 6.02. The molecule has 1 aromatic carbocycles. The standard InChI is InChI=1S/C11H12ClN3O/c1-15-6-5-14-11(15)16-10-4-2-3-9(12)8(10)7-13/h2-6H,7,13H2,1H3. The average molecular weight is 238 g/mol. The summed E-state index contributed by atoms with van der Waals surface area (Å²) in [6.07, 6.45) is 3.48. The number of aryl methyl sites for hydroxylation is 1. The molecule has 0 radical (unpaired) electrons. The smallest absolute Gasteiger partial charge is 0.301 e. The lowest BCUT2D eigenvalue weighted by molar-refractivity contribution is 0.420. The van der Waals surface area contributed by atoms with Crippen molar-refractivity contribution in [1.29, 1.82) is 0 Å².